The molecule has 1 saturated carbocycles. The fourth-order valence-corrected chi connectivity index (χ4v) is 2.98. The van der Waals surface area contributed by atoms with E-state index in [0.29, 0.717) is 12.6 Å². The molecule has 0 aromatic heterocycles. The number of nitrogens with one attached hydrogen (secondary N) is 1. The van der Waals surface area contributed by atoms with Crippen LogP contribution in [0.1, 0.15) is 32.1 Å². The van der Waals surface area contributed by atoms with Crippen LogP contribution < -0.4 is 11.3 Å². The number of fused-ring (bicyclic) bond motifs is 1. The minimum Gasteiger partial charge on any atom is -0.293 e. The number of carbonyl (C=O) groups is 1. The molecule has 1 saturated heterocycles. The van der Waals surface area contributed by atoms with E-state index in [9.17, 15) is 4.79 Å². The summed E-state index contributed by atoms with van der Waals surface area (Å²) in [5.74, 6) is 5.88. The molecule has 14 heavy (non-hydrogen) atoms. The number of amides is 1. The van der Waals surface area contributed by atoms with Gasteiger partial charge in [-0.15, -0.1) is 0 Å². The molecule has 0 spiro atoms. The molecule has 1 aliphatic heterocycles. The summed E-state index contributed by atoms with van der Waals surface area (Å²) in [6, 6.07) is 0.654. The highest BCUT2D eigenvalue weighted by Crippen LogP contribution is 2.36. The average molecular weight is 197 g/mol. The first kappa shape index (κ1) is 9.93. The number of hydrazine groups is 1. The molecular weight excluding hydrogens is 178 g/mol. The summed E-state index contributed by atoms with van der Waals surface area (Å²) >= 11 is 0. The third-order valence-corrected chi connectivity index (χ3v) is 3.62. The fourth-order valence-electron chi connectivity index (χ4n) is 2.98. The van der Waals surface area contributed by atoms with E-state index < -0.39 is 0 Å². The van der Waals surface area contributed by atoms with E-state index in [1.54, 1.807) is 0 Å². The number of likely N-dealkylation sites (tertiary alicyclic amines) is 1. The second-order valence-electron chi connectivity index (χ2n) is 4.44. The monoisotopic (exact) mass is 197 g/mol. The van der Waals surface area contributed by atoms with Crippen LogP contribution in [0.4, 0.5) is 0 Å². The number of piperidine rings is 1. The standard InChI is InChI=1S/C10H19N3O/c11-12-10(14)7-13-6-2-4-8-3-1-5-9(8)13/h8-9H,1-7,11H2,(H,12,14). The Morgan fingerprint density at radius 2 is 2.14 bits per heavy atom. The third kappa shape index (κ3) is 1.91. The molecule has 1 amide bonds. The normalized spacial score (nSPS) is 32.6. The molecule has 0 radical (unpaired) electrons. The number of nitrogens with two attached hydrogens (primary N) is 1. The van der Waals surface area contributed by atoms with Gasteiger partial charge in [0.25, 0.3) is 0 Å². The van der Waals surface area contributed by atoms with Gasteiger partial charge in [0.1, 0.15) is 0 Å². The zero-order valence-corrected chi connectivity index (χ0v) is 8.54. The Morgan fingerprint density at radius 1 is 1.36 bits per heavy atom. The summed E-state index contributed by atoms with van der Waals surface area (Å²) < 4.78 is 0. The maximum Gasteiger partial charge on any atom is 0.248 e. The van der Waals surface area contributed by atoms with Crippen LogP contribution in [0.15, 0.2) is 0 Å². The largest absolute Gasteiger partial charge is 0.293 e. The highest BCUT2D eigenvalue weighted by molar-refractivity contribution is 5.77. The van der Waals surface area contributed by atoms with Crippen molar-refractivity contribution in [2.75, 3.05) is 13.1 Å². The van der Waals surface area contributed by atoms with Crippen molar-refractivity contribution in [3.63, 3.8) is 0 Å². The van der Waals surface area contributed by atoms with E-state index in [0.717, 1.165) is 12.5 Å². The van der Waals surface area contributed by atoms with Crippen LogP contribution in [0.5, 0.6) is 0 Å². The van der Waals surface area contributed by atoms with Crippen molar-refractivity contribution < 1.29 is 4.79 Å². The third-order valence-electron chi connectivity index (χ3n) is 3.62. The minimum atomic E-state index is -0.0578. The molecule has 4 nitrogen and oxygen atoms in total. The van der Waals surface area contributed by atoms with Crippen molar-refractivity contribution in [2.24, 2.45) is 11.8 Å². The first-order valence-electron chi connectivity index (χ1n) is 5.55. The van der Waals surface area contributed by atoms with Gasteiger partial charge >= 0.3 is 0 Å². The van der Waals surface area contributed by atoms with Gasteiger partial charge in [0.2, 0.25) is 5.91 Å². The Kier molecular flexibility index (Phi) is 3.03. The van der Waals surface area contributed by atoms with E-state index >= 15 is 0 Å². The highest BCUT2D eigenvalue weighted by atomic mass is 16.2. The van der Waals surface area contributed by atoms with E-state index in [4.69, 9.17) is 5.84 Å². The van der Waals surface area contributed by atoms with Crippen molar-refractivity contribution in [3.8, 4) is 0 Å². The van der Waals surface area contributed by atoms with Gasteiger partial charge in [0.15, 0.2) is 0 Å². The lowest BCUT2D eigenvalue weighted by Gasteiger charge is -2.37. The van der Waals surface area contributed by atoms with E-state index in [1.807, 2.05) is 0 Å². The Hall–Kier alpha value is -0.610. The molecule has 2 unspecified atom stereocenters. The summed E-state index contributed by atoms with van der Waals surface area (Å²) in [5, 5.41) is 0. The number of hydrogen-bond acceptors (Lipinski definition) is 3. The maximum absolute atomic E-state index is 11.2. The van der Waals surface area contributed by atoms with Crippen molar-refractivity contribution in [1.29, 1.82) is 0 Å². The Labute approximate surface area is 84.8 Å². The molecule has 2 atom stereocenters. The van der Waals surface area contributed by atoms with Crippen molar-refractivity contribution in [3.05, 3.63) is 0 Å². The molecule has 1 aliphatic carbocycles. The fraction of sp³-hybridized carbons (Fsp3) is 0.900. The lowest BCUT2D eigenvalue weighted by atomic mass is 9.92. The topological polar surface area (TPSA) is 58.4 Å². The van der Waals surface area contributed by atoms with Crippen LogP contribution in [-0.4, -0.2) is 29.9 Å². The molecular formula is C10H19N3O. The molecule has 80 valence electrons. The maximum atomic E-state index is 11.2. The molecule has 2 aliphatic rings. The van der Waals surface area contributed by atoms with Crippen molar-refractivity contribution in [1.82, 2.24) is 10.3 Å². The molecule has 0 aromatic rings. The van der Waals surface area contributed by atoms with E-state index in [2.05, 4.69) is 10.3 Å². The summed E-state index contributed by atoms with van der Waals surface area (Å²) in [7, 11) is 0. The number of rotatable bonds is 2. The van der Waals surface area contributed by atoms with Crippen LogP contribution in [0.25, 0.3) is 0 Å². The zero-order valence-electron chi connectivity index (χ0n) is 8.54. The number of hydrogen-bond donors (Lipinski definition) is 2. The molecule has 0 aromatic carbocycles. The van der Waals surface area contributed by atoms with Gasteiger partial charge in [0, 0.05) is 6.04 Å². The predicted octanol–water partition coefficient (Wildman–Crippen LogP) is 0.241. The zero-order chi connectivity index (χ0) is 9.97. The summed E-state index contributed by atoms with van der Waals surface area (Å²) in [6.07, 6.45) is 6.54. The lowest BCUT2D eigenvalue weighted by molar-refractivity contribution is -0.123. The Bertz CT molecular complexity index is 219. The predicted molar refractivity (Wildman–Crippen MR) is 54.3 cm³/mol. The van der Waals surface area contributed by atoms with Crippen molar-refractivity contribution in [2.45, 2.75) is 38.1 Å². The van der Waals surface area contributed by atoms with Crippen LogP contribution in [-0.2, 0) is 4.79 Å². The van der Waals surface area contributed by atoms with Crippen molar-refractivity contribution >= 4 is 5.91 Å². The second-order valence-corrected chi connectivity index (χ2v) is 4.44. The molecule has 0 bridgehead atoms. The molecule has 2 rings (SSSR count). The molecule has 4 heteroatoms. The summed E-state index contributed by atoms with van der Waals surface area (Å²) in [4.78, 5) is 13.5. The number of nitrogens with zero attached hydrogens (tertiary/aromatic N) is 1. The van der Waals surface area contributed by atoms with Crippen LogP contribution in [0.2, 0.25) is 0 Å². The van der Waals surface area contributed by atoms with Gasteiger partial charge in [-0.1, -0.05) is 6.42 Å². The lowest BCUT2D eigenvalue weighted by Crippen LogP contribution is -2.48. The van der Waals surface area contributed by atoms with Crippen LogP contribution >= 0.6 is 0 Å². The number of carbonyl (C=O) groups excluding carboxylic acids is 1. The Morgan fingerprint density at radius 3 is 2.93 bits per heavy atom. The van der Waals surface area contributed by atoms with E-state index in [1.165, 1.54) is 32.1 Å². The van der Waals surface area contributed by atoms with Gasteiger partial charge < -0.3 is 0 Å². The van der Waals surface area contributed by atoms with Gasteiger partial charge in [-0.3, -0.25) is 15.1 Å². The summed E-state index contributed by atoms with van der Waals surface area (Å²) in [5.41, 5.74) is 2.21. The molecule has 2 fully saturated rings. The Balaban J connectivity index is 1.93. The van der Waals surface area contributed by atoms with Gasteiger partial charge in [-0.25, -0.2) is 5.84 Å². The van der Waals surface area contributed by atoms with Crippen LogP contribution in [0, 0.1) is 5.92 Å². The van der Waals surface area contributed by atoms with Crippen LogP contribution in [0.3, 0.4) is 0 Å². The van der Waals surface area contributed by atoms with E-state index in [-0.39, 0.29) is 5.91 Å². The molecule has 1 heterocycles. The van der Waals surface area contributed by atoms with Gasteiger partial charge in [-0.05, 0) is 38.1 Å². The summed E-state index contributed by atoms with van der Waals surface area (Å²) in [6.45, 7) is 1.55. The highest BCUT2D eigenvalue weighted by Gasteiger charge is 2.35. The first-order chi connectivity index (χ1) is 6.81. The quantitative estimate of drug-likeness (QED) is 0.379. The molecule has 3 N–H and O–H groups in total. The minimum absolute atomic E-state index is 0.0578. The first-order valence-corrected chi connectivity index (χ1v) is 5.55. The average Bonchev–Trinajstić information content (AvgIpc) is 2.66. The smallest absolute Gasteiger partial charge is 0.248 e. The van der Waals surface area contributed by atoms with Gasteiger partial charge in [-0.2, -0.15) is 0 Å². The second kappa shape index (κ2) is 4.28. The SMILES string of the molecule is NNC(=O)CN1CCCC2CCCC21. The van der Waals surface area contributed by atoms with Gasteiger partial charge in [0.05, 0.1) is 6.54 Å².